The van der Waals surface area contributed by atoms with Gasteiger partial charge >= 0.3 is 6.09 Å². The third-order valence-electron chi connectivity index (χ3n) is 2.82. The van der Waals surface area contributed by atoms with Crippen LogP contribution in [-0.2, 0) is 4.74 Å². The summed E-state index contributed by atoms with van der Waals surface area (Å²) in [6.07, 6.45) is 3.92. The molecule has 0 radical (unpaired) electrons. The maximum absolute atomic E-state index is 12.2. The van der Waals surface area contributed by atoms with E-state index in [0.717, 1.165) is 12.8 Å². The molecule has 0 unspecified atom stereocenters. The molecule has 0 saturated heterocycles. The summed E-state index contributed by atoms with van der Waals surface area (Å²) in [4.78, 5) is 24.5. The third-order valence-corrected chi connectivity index (χ3v) is 2.82. The van der Waals surface area contributed by atoms with Crippen LogP contribution >= 0.6 is 0 Å². The van der Waals surface area contributed by atoms with E-state index < -0.39 is 11.7 Å². The number of ether oxygens (including phenoxy) is 1. The number of carbonyl (C=O) groups is 2. The summed E-state index contributed by atoms with van der Waals surface area (Å²) < 4.78 is 10.8. The second kappa shape index (κ2) is 5.53. The van der Waals surface area contributed by atoms with E-state index >= 15 is 0 Å². The molecule has 2 rings (SSSR count). The van der Waals surface area contributed by atoms with Gasteiger partial charge in [0, 0.05) is 6.54 Å². The van der Waals surface area contributed by atoms with E-state index in [1.807, 2.05) is 26.8 Å². The Morgan fingerprint density at radius 2 is 2.15 bits per heavy atom. The first-order valence-electron chi connectivity index (χ1n) is 6.67. The fourth-order valence-electron chi connectivity index (χ4n) is 2.01. The Balaban J connectivity index is 2.23. The van der Waals surface area contributed by atoms with Gasteiger partial charge in [-0.05, 0) is 45.7 Å². The molecule has 1 aliphatic rings. The molecule has 20 heavy (non-hydrogen) atoms. The van der Waals surface area contributed by atoms with Gasteiger partial charge in [0.1, 0.15) is 5.60 Å². The number of amides is 1. The molecule has 0 aliphatic carbocycles. The Hall–Kier alpha value is -2.04. The molecule has 0 saturated carbocycles. The highest BCUT2D eigenvalue weighted by atomic mass is 16.6. The zero-order valence-corrected chi connectivity index (χ0v) is 12.0. The van der Waals surface area contributed by atoms with Gasteiger partial charge in [-0.25, -0.2) is 4.79 Å². The fraction of sp³-hybridized carbons (Fsp3) is 0.467. The van der Waals surface area contributed by atoms with Crippen LogP contribution in [0.15, 0.2) is 22.6 Å². The van der Waals surface area contributed by atoms with Crippen molar-refractivity contribution in [1.82, 2.24) is 4.90 Å². The average molecular weight is 277 g/mol. The van der Waals surface area contributed by atoms with Crippen molar-refractivity contribution < 1.29 is 18.7 Å². The Kier molecular flexibility index (Phi) is 3.97. The van der Waals surface area contributed by atoms with Crippen molar-refractivity contribution in [2.75, 3.05) is 6.54 Å². The van der Waals surface area contributed by atoms with Crippen molar-refractivity contribution in [1.29, 1.82) is 0 Å². The van der Waals surface area contributed by atoms with Crippen LogP contribution in [0, 0.1) is 0 Å². The quantitative estimate of drug-likeness (QED) is 0.777. The lowest BCUT2D eigenvalue weighted by Gasteiger charge is -2.30. The van der Waals surface area contributed by atoms with Gasteiger partial charge in [0.05, 0.1) is 5.70 Å². The second-order valence-electron chi connectivity index (χ2n) is 5.68. The fourth-order valence-corrected chi connectivity index (χ4v) is 2.01. The molecule has 1 aromatic rings. The van der Waals surface area contributed by atoms with Crippen LogP contribution in [0.5, 0.6) is 0 Å². The van der Waals surface area contributed by atoms with E-state index in [4.69, 9.17) is 9.15 Å². The summed E-state index contributed by atoms with van der Waals surface area (Å²) in [5.74, 6) is 0.758. The molecule has 5 nitrogen and oxygen atoms in total. The molecule has 0 bridgehead atoms. The van der Waals surface area contributed by atoms with E-state index in [0.29, 0.717) is 24.3 Å². The minimum atomic E-state index is -0.545. The van der Waals surface area contributed by atoms with Crippen LogP contribution in [0.2, 0.25) is 0 Å². The summed E-state index contributed by atoms with van der Waals surface area (Å²) in [7, 11) is 0. The molecule has 108 valence electrons. The highest BCUT2D eigenvalue weighted by molar-refractivity contribution is 5.82. The van der Waals surface area contributed by atoms with Crippen molar-refractivity contribution in [2.45, 2.75) is 39.2 Å². The SMILES string of the molecule is CC(C)(C)OC(=O)N1CCCC=C1c1ccc(C=O)o1. The lowest BCUT2D eigenvalue weighted by atomic mass is 10.1. The predicted octanol–water partition coefficient (Wildman–Crippen LogP) is 3.46. The van der Waals surface area contributed by atoms with Crippen LogP contribution in [0.1, 0.15) is 49.9 Å². The van der Waals surface area contributed by atoms with Gasteiger partial charge in [-0.3, -0.25) is 9.69 Å². The van der Waals surface area contributed by atoms with Gasteiger partial charge in [0.15, 0.2) is 17.8 Å². The molecule has 0 aromatic carbocycles. The van der Waals surface area contributed by atoms with E-state index in [-0.39, 0.29) is 5.76 Å². The monoisotopic (exact) mass is 277 g/mol. The van der Waals surface area contributed by atoms with Gasteiger partial charge in [-0.2, -0.15) is 0 Å². The van der Waals surface area contributed by atoms with E-state index in [1.165, 1.54) is 0 Å². The summed E-state index contributed by atoms with van der Waals surface area (Å²) >= 11 is 0. The van der Waals surface area contributed by atoms with Crippen LogP contribution in [0.25, 0.3) is 5.70 Å². The molecule has 0 atom stereocenters. The molecular weight excluding hydrogens is 258 g/mol. The van der Waals surface area contributed by atoms with Crippen molar-refractivity contribution >= 4 is 18.1 Å². The van der Waals surface area contributed by atoms with E-state index in [2.05, 4.69) is 0 Å². The molecule has 0 fully saturated rings. The third kappa shape index (κ3) is 3.29. The van der Waals surface area contributed by atoms with Crippen molar-refractivity contribution in [2.24, 2.45) is 0 Å². The number of rotatable bonds is 2. The first-order chi connectivity index (χ1) is 9.40. The Morgan fingerprint density at radius 1 is 1.40 bits per heavy atom. The van der Waals surface area contributed by atoms with Crippen LogP contribution in [0.3, 0.4) is 0 Å². The minimum Gasteiger partial charge on any atom is -0.452 e. The molecular formula is C15H19NO4. The van der Waals surface area contributed by atoms with E-state index in [1.54, 1.807) is 17.0 Å². The predicted molar refractivity (Wildman–Crippen MR) is 74.2 cm³/mol. The molecule has 1 amide bonds. The highest BCUT2D eigenvalue weighted by Crippen LogP contribution is 2.27. The molecule has 5 heteroatoms. The number of furan rings is 1. The second-order valence-corrected chi connectivity index (χ2v) is 5.68. The van der Waals surface area contributed by atoms with E-state index in [9.17, 15) is 9.59 Å². The topological polar surface area (TPSA) is 59.8 Å². The summed E-state index contributed by atoms with van der Waals surface area (Å²) in [5, 5.41) is 0. The van der Waals surface area contributed by atoms with Gasteiger partial charge in [0.25, 0.3) is 0 Å². The first-order valence-corrected chi connectivity index (χ1v) is 6.67. The maximum atomic E-state index is 12.2. The minimum absolute atomic E-state index is 0.246. The summed E-state index contributed by atoms with van der Waals surface area (Å²) in [6.45, 7) is 6.07. The average Bonchev–Trinajstić information content (AvgIpc) is 2.85. The number of aldehydes is 1. The maximum Gasteiger partial charge on any atom is 0.414 e. The largest absolute Gasteiger partial charge is 0.452 e. The van der Waals surface area contributed by atoms with Gasteiger partial charge in [-0.1, -0.05) is 6.08 Å². The highest BCUT2D eigenvalue weighted by Gasteiger charge is 2.28. The van der Waals surface area contributed by atoms with Gasteiger partial charge < -0.3 is 9.15 Å². The molecule has 1 aromatic heterocycles. The number of hydrogen-bond acceptors (Lipinski definition) is 4. The van der Waals surface area contributed by atoms with Crippen LogP contribution < -0.4 is 0 Å². The number of carbonyl (C=O) groups excluding carboxylic acids is 2. The van der Waals surface area contributed by atoms with Crippen LogP contribution in [0.4, 0.5) is 4.79 Å². The zero-order valence-electron chi connectivity index (χ0n) is 12.0. The Morgan fingerprint density at radius 3 is 2.75 bits per heavy atom. The molecule has 0 spiro atoms. The smallest absolute Gasteiger partial charge is 0.414 e. The first kappa shape index (κ1) is 14.4. The molecule has 2 heterocycles. The zero-order chi connectivity index (χ0) is 14.8. The van der Waals surface area contributed by atoms with Crippen molar-refractivity contribution in [3.05, 3.63) is 29.7 Å². The van der Waals surface area contributed by atoms with Crippen molar-refractivity contribution in [3.63, 3.8) is 0 Å². The Bertz CT molecular complexity index is 536. The molecule has 0 N–H and O–H groups in total. The number of nitrogens with zero attached hydrogens (tertiary/aromatic N) is 1. The van der Waals surface area contributed by atoms with Gasteiger partial charge in [0.2, 0.25) is 0 Å². The summed E-state index contributed by atoms with van der Waals surface area (Å²) in [5.41, 5.74) is 0.120. The Labute approximate surface area is 118 Å². The summed E-state index contributed by atoms with van der Waals surface area (Å²) in [6, 6.07) is 3.28. The number of hydrogen-bond donors (Lipinski definition) is 0. The molecule has 1 aliphatic heterocycles. The lowest BCUT2D eigenvalue weighted by molar-refractivity contribution is 0.0344. The number of allylic oxidation sites excluding steroid dienone is 1. The van der Waals surface area contributed by atoms with Crippen LogP contribution in [-0.4, -0.2) is 29.4 Å². The normalized spacial score (nSPS) is 15.8. The van der Waals surface area contributed by atoms with Crippen molar-refractivity contribution in [3.8, 4) is 0 Å². The van der Waals surface area contributed by atoms with Gasteiger partial charge in [-0.15, -0.1) is 0 Å². The standard InChI is InChI=1S/C15H19NO4/c1-15(2,3)20-14(18)16-9-5-4-6-12(16)13-8-7-11(10-17)19-13/h6-8,10H,4-5,9H2,1-3H3. The lowest BCUT2D eigenvalue weighted by Crippen LogP contribution is -2.37.